The normalized spacial score (nSPS) is 21.5. The van der Waals surface area contributed by atoms with Crippen molar-refractivity contribution in [1.29, 1.82) is 0 Å². The summed E-state index contributed by atoms with van der Waals surface area (Å²) in [5.74, 6) is -0.485. The van der Waals surface area contributed by atoms with Gasteiger partial charge in [0.2, 0.25) is 10.0 Å². The molecule has 26 heavy (non-hydrogen) atoms. The van der Waals surface area contributed by atoms with Crippen LogP contribution in [0.15, 0.2) is 27.6 Å². The third-order valence-electron chi connectivity index (χ3n) is 3.95. The van der Waals surface area contributed by atoms with Gasteiger partial charge in [-0.2, -0.15) is 0 Å². The zero-order chi connectivity index (χ0) is 19.3. The molecule has 0 bridgehead atoms. The number of rotatable bonds is 7. The van der Waals surface area contributed by atoms with E-state index in [4.69, 9.17) is 9.47 Å². The Labute approximate surface area is 163 Å². The van der Waals surface area contributed by atoms with Crippen LogP contribution in [0.5, 0.6) is 0 Å². The molecule has 1 heterocycles. The van der Waals surface area contributed by atoms with Crippen LogP contribution in [0.4, 0.5) is 0 Å². The third kappa shape index (κ3) is 5.75. The summed E-state index contributed by atoms with van der Waals surface area (Å²) in [6, 6.07) is 4.30. The number of carbonyl (C=O) groups excluding carboxylic acids is 1. The monoisotopic (exact) mass is 448 g/mol. The number of esters is 1. The first-order valence-corrected chi connectivity index (χ1v) is 10.8. The minimum atomic E-state index is -3.68. The zero-order valence-electron chi connectivity index (χ0n) is 15.2. The van der Waals surface area contributed by atoms with Gasteiger partial charge < -0.3 is 9.47 Å². The van der Waals surface area contributed by atoms with Crippen LogP contribution in [-0.4, -0.2) is 64.3 Å². The van der Waals surface area contributed by atoms with Crippen LogP contribution in [0.25, 0.3) is 0 Å². The fraction of sp³-hybridized carbons (Fsp3) is 0.588. The molecule has 1 aliphatic rings. The van der Waals surface area contributed by atoms with Crippen molar-refractivity contribution in [2.75, 3.05) is 32.8 Å². The van der Waals surface area contributed by atoms with E-state index in [-0.39, 0.29) is 23.7 Å². The molecule has 2 atom stereocenters. The van der Waals surface area contributed by atoms with E-state index in [1.54, 1.807) is 6.92 Å². The lowest BCUT2D eigenvalue weighted by Gasteiger charge is -2.35. The highest BCUT2D eigenvalue weighted by atomic mass is 79.9. The van der Waals surface area contributed by atoms with E-state index in [9.17, 15) is 13.2 Å². The van der Waals surface area contributed by atoms with Gasteiger partial charge in [-0.05, 0) is 54.9 Å². The Morgan fingerprint density at radius 2 is 2.00 bits per heavy atom. The van der Waals surface area contributed by atoms with Crippen LogP contribution in [0, 0.1) is 0 Å². The standard InChI is InChI=1S/C17H25BrN2O5S/c1-4-24-17(21)14-5-6-16(15(18)9-14)26(22,23)19-7-8-20-10-12(2)25-13(3)11-20/h5-6,9,12-13,19H,4,7-8,10-11H2,1-3H3. The van der Waals surface area contributed by atoms with Gasteiger partial charge in [-0.3, -0.25) is 4.90 Å². The lowest BCUT2D eigenvalue weighted by Crippen LogP contribution is -2.47. The lowest BCUT2D eigenvalue weighted by molar-refractivity contribution is -0.0671. The maximum Gasteiger partial charge on any atom is 0.338 e. The van der Waals surface area contributed by atoms with Crippen molar-refractivity contribution < 1.29 is 22.7 Å². The smallest absolute Gasteiger partial charge is 0.338 e. The highest BCUT2D eigenvalue weighted by molar-refractivity contribution is 9.10. The second kappa shape index (κ2) is 9.27. The predicted octanol–water partition coefficient (Wildman–Crippen LogP) is 2.01. The number of hydrogen-bond acceptors (Lipinski definition) is 6. The topological polar surface area (TPSA) is 84.9 Å². The van der Waals surface area contributed by atoms with Gasteiger partial charge in [-0.1, -0.05) is 0 Å². The summed E-state index contributed by atoms with van der Waals surface area (Å²) in [4.78, 5) is 14.0. The van der Waals surface area contributed by atoms with Gasteiger partial charge in [0.1, 0.15) is 0 Å². The molecule has 0 saturated carbocycles. The van der Waals surface area contributed by atoms with Gasteiger partial charge in [0.25, 0.3) is 0 Å². The number of benzene rings is 1. The number of ether oxygens (including phenoxy) is 2. The van der Waals surface area contributed by atoms with Crippen molar-refractivity contribution in [3.8, 4) is 0 Å². The van der Waals surface area contributed by atoms with Crippen molar-refractivity contribution in [2.24, 2.45) is 0 Å². The van der Waals surface area contributed by atoms with E-state index in [0.717, 1.165) is 13.1 Å². The Morgan fingerprint density at radius 1 is 1.35 bits per heavy atom. The lowest BCUT2D eigenvalue weighted by atomic mass is 10.2. The van der Waals surface area contributed by atoms with Crippen LogP contribution in [0.2, 0.25) is 0 Å². The molecule has 1 N–H and O–H groups in total. The van der Waals surface area contributed by atoms with Crippen LogP contribution in [-0.2, 0) is 19.5 Å². The van der Waals surface area contributed by atoms with Crippen molar-refractivity contribution >= 4 is 31.9 Å². The molecule has 0 amide bonds. The molecule has 1 aromatic rings. The number of carbonyl (C=O) groups is 1. The first-order valence-electron chi connectivity index (χ1n) is 8.57. The quantitative estimate of drug-likeness (QED) is 0.642. The van der Waals surface area contributed by atoms with Gasteiger partial charge in [0.05, 0.1) is 29.3 Å². The van der Waals surface area contributed by atoms with Crippen molar-refractivity contribution in [2.45, 2.75) is 37.9 Å². The Balaban J connectivity index is 1.98. The maximum atomic E-state index is 12.5. The molecule has 9 heteroatoms. The minimum Gasteiger partial charge on any atom is -0.462 e. The van der Waals surface area contributed by atoms with E-state index in [1.807, 2.05) is 13.8 Å². The van der Waals surface area contributed by atoms with Crippen molar-refractivity contribution in [3.05, 3.63) is 28.2 Å². The van der Waals surface area contributed by atoms with E-state index in [1.165, 1.54) is 18.2 Å². The average molecular weight is 449 g/mol. The molecule has 0 radical (unpaired) electrons. The number of nitrogens with zero attached hydrogens (tertiary/aromatic N) is 1. The number of sulfonamides is 1. The van der Waals surface area contributed by atoms with E-state index in [2.05, 4.69) is 25.6 Å². The molecule has 0 spiro atoms. The fourth-order valence-corrected chi connectivity index (χ4v) is 5.04. The highest BCUT2D eigenvalue weighted by Gasteiger charge is 2.23. The molecule has 1 fully saturated rings. The average Bonchev–Trinajstić information content (AvgIpc) is 2.53. The Bertz CT molecular complexity index is 731. The maximum absolute atomic E-state index is 12.5. The number of hydrogen-bond donors (Lipinski definition) is 1. The van der Waals surface area contributed by atoms with Crippen molar-refractivity contribution in [1.82, 2.24) is 9.62 Å². The summed E-state index contributed by atoms with van der Waals surface area (Å²) in [6.45, 7) is 8.46. The molecule has 1 aliphatic heterocycles. The van der Waals surface area contributed by atoms with E-state index < -0.39 is 16.0 Å². The molecular weight excluding hydrogens is 424 g/mol. The van der Waals surface area contributed by atoms with E-state index in [0.29, 0.717) is 23.1 Å². The van der Waals surface area contributed by atoms with Gasteiger partial charge in [-0.15, -0.1) is 0 Å². The van der Waals surface area contributed by atoms with Crippen LogP contribution in [0.1, 0.15) is 31.1 Å². The summed E-state index contributed by atoms with van der Waals surface area (Å²) in [6.07, 6.45) is 0.278. The Hall–Kier alpha value is -1.00. The van der Waals surface area contributed by atoms with Crippen LogP contribution < -0.4 is 4.72 Å². The van der Waals surface area contributed by atoms with Gasteiger partial charge in [0, 0.05) is 30.7 Å². The summed E-state index contributed by atoms with van der Waals surface area (Å²) in [5, 5.41) is 0. The van der Waals surface area contributed by atoms with Crippen molar-refractivity contribution in [3.63, 3.8) is 0 Å². The van der Waals surface area contributed by atoms with Gasteiger partial charge in [0.15, 0.2) is 0 Å². The fourth-order valence-electron chi connectivity index (χ4n) is 2.94. The minimum absolute atomic E-state index is 0.0919. The summed E-state index contributed by atoms with van der Waals surface area (Å²) >= 11 is 3.23. The van der Waals surface area contributed by atoms with Gasteiger partial charge in [-0.25, -0.2) is 17.9 Å². The largest absolute Gasteiger partial charge is 0.462 e. The highest BCUT2D eigenvalue weighted by Crippen LogP contribution is 2.23. The molecule has 0 aliphatic carbocycles. The number of morpholine rings is 1. The predicted molar refractivity (Wildman–Crippen MR) is 102 cm³/mol. The molecule has 146 valence electrons. The molecule has 0 aromatic heterocycles. The number of nitrogens with one attached hydrogen (secondary N) is 1. The summed E-state index contributed by atoms with van der Waals surface area (Å²) in [5.41, 5.74) is 0.300. The summed E-state index contributed by atoms with van der Waals surface area (Å²) in [7, 11) is -3.68. The number of halogens is 1. The molecule has 7 nitrogen and oxygen atoms in total. The van der Waals surface area contributed by atoms with Gasteiger partial charge >= 0.3 is 5.97 Å². The second-order valence-electron chi connectivity index (χ2n) is 6.28. The third-order valence-corrected chi connectivity index (χ3v) is 6.39. The zero-order valence-corrected chi connectivity index (χ0v) is 17.6. The Kier molecular flexibility index (Phi) is 7.60. The molecule has 1 saturated heterocycles. The Morgan fingerprint density at radius 3 is 2.58 bits per heavy atom. The van der Waals surface area contributed by atoms with Crippen LogP contribution >= 0.6 is 15.9 Å². The van der Waals surface area contributed by atoms with Crippen LogP contribution in [0.3, 0.4) is 0 Å². The molecule has 1 aromatic carbocycles. The first kappa shape index (κ1) is 21.3. The second-order valence-corrected chi connectivity index (χ2v) is 8.87. The van der Waals surface area contributed by atoms with E-state index >= 15 is 0 Å². The molecular formula is C17H25BrN2O5S. The first-order chi connectivity index (χ1) is 12.2. The molecule has 2 unspecified atom stereocenters. The summed E-state index contributed by atoms with van der Waals surface area (Å²) < 4.78 is 38.6. The molecule has 2 rings (SSSR count). The SMILES string of the molecule is CCOC(=O)c1ccc(S(=O)(=O)NCCN2CC(C)OC(C)C2)c(Br)c1.